The highest BCUT2D eigenvalue weighted by atomic mass is 35.5. The predicted octanol–water partition coefficient (Wildman–Crippen LogP) is 3.60. The van der Waals surface area contributed by atoms with E-state index in [1.165, 1.54) is 40.7 Å². The standard InChI is InChI=1S/C19H20Cl3N3O4S/c1-24-6-8-25(9-7-24)30(27,28)14-4-2-13(3-5-14)23-19(26)12-29-18-11-16(21)15(20)10-17(18)22/h2-5,10-11H,6-9,12H2,1H3,(H,23,26). The third-order valence-electron chi connectivity index (χ3n) is 4.57. The van der Waals surface area contributed by atoms with Gasteiger partial charge in [-0.05, 0) is 37.4 Å². The van der Waals surface area contributed by atoms with Gasteiger partial charge in [0, 0.05) is 37.9 Å². The van der Waals surface area contributed by atoms with Crippen LogP contribution in [0.1, 0.15) is 0 Å². The molecule has 1 saturated heterocycles. The van der Waals surface area contributed by atoms with Gasteiger partial charge in [-0.25, -0.2) is 8.42 Å². The quantitative estimate of drug-likeness (QED) is 0.623. The fraction of sp³-hybridized carbons (Fsp3) is 0.316. The van der Waals surface area contributed by atoms with Crippen LogP contribution in [0.25, 0.3) is 0 Å². The third-order valence-corrected chi connectivity index (χ3v) is 7.50. The number of likely N-dealkylation sites (N-methyl/N-ethyl adjacent to an activating group) is 1. The van der Waals surface area contributed by atoms with Crippen molar-refractivity contribution in [1.29, 1.82) is 0 Å². The number of halogens is 3. The number of nitrogens with zero attached hydrogens (tertiary/aromatic N) is 2. The van der Waals surface area contributed by atoms with Gasteiger partial charge in [0.1, 0.15) is 5.75 Å². The summed E-state index contributed by atoms with van der Waals surface area (Å²) >= 11 is 17.8. The van der Waals surface area contributed by atoms with Crippen LogP contribution in [0.3, 0.4) is 0 Å². The van der Waals surface area contributed by atoms with E-state index in [4.69, 9.17) is 39.5 Å². The Hall–Kier alpha value is -1.55. The Bertz CT molecular complexity index is 1020. The fourth-order valence-corrected chi connectivity index (χ4v) is 4.86. The van der Waals surface area contributed by atoms with Crippen molar-refractivity contribution in [3.8, 4) is 5.75 Å². The highest BCUT2D eigenvalue weighted by Gasteiger charge is 2.27. The van der Waals surface area contributed by atoms with E-state index >= 15 is 0 Å². The molecule has 1 aliphatic rings. The third kappa shape index (κ3) is 5.57. The lowest BCUT2D eigenvalue weighted by atomic mass is 10.3. The lowest BCUT2D eigenvalue weighted by Gasteiger charge is -2.31. The van der Waals surface area contributed by atoms with Gasteiger partial charge < -0.3 is 15.0 Å². The molecule has 2 aromatic carbocycles. The van der Waals surface area contributed by atoms with E-state index in [0.717, 1.165) is 0 Å². The maximum atomic E-state index is 12.7. The van der Waals surface area contributed by atoms with Gasteiger partial charge in [-0.3, -0.25) is 4.79 Å². The Morgan fingerprint density at radius 3 is 2.23 bits per heavy atom. The average molecular weight is 493 g/mol. The molecule has 11 heteroatoms. The Kier molecular flexibility index (Phi) is 7.49. The van der Waals surface area contributed by atoms with Crippen LogP contribution < -0.4 is 10.1 Å². The number of ether oxygens (including phenoxy) is 1. The van der Waals surface area contributed by atoms with Gasteiger partial charge in [0.15, 0.2) is 6.61 Å². The van der Waals surface area contributed by atoms with Gasteiger partial charge in [-0.1, -0.05) is 34.8 Å². The molecule has 1 aliphatic heterocycles. The highest BCUT2D eigenvalue weighted by molar-refractivity contribution is 7.89. The minimum absolute atomic E-state index is 0.184. The smallest absolute Gasteiger partial charge is 0.262 e. The van der Waals surface area contributed by atoms with Gasteiger partial charge in [0.25, 0.3) is 5.91 Å². The largest absolute Gasteiger partial charge is 0.482 e. The number of rotatable bonds is 6. The Morgan fingerprint density at radius 1 is 1.00 bits per heavy atom. The topological polar surface area (TPSA) is 79.0 Å². The lowest BCUT2D eigenvalue weighted by Crippen LogP contribution is -2.46. The first-order valence-electron chi connectivity index (χ1n) is 9.03. The summed E-state index contributed by atoms with van der Waals surface area (Å²) in [6.07, 6.45) is 0. The summed E-state index contributed by atoms with van der Waals surface area (Å²) < 4.78 is 32.3. The Balaban J connectivity index is 1.59. The summed E-state index contributed by atoms with van der Waals surface area (Å²) in [5, 5.41) is 3.41. The van der Waals surface area contributed by atoms with Gasteiger partial charge in [-0.15, -0.1) is 0 Å². The second-order valence-corrected chi connectivity index (χ2v) is 9.92. The molecule has 0 atom stereocenters. The SMILES string of the molecule is CN1CCN(S(=O)(=O)c2ccc(NC(=O)COc3cc(Cl)c(Cl)cc3Cl)cc2)CC1. The monoisotopic (exact) mass is 491 g/mol. The van der Waals surface area contributed by atoms with E-state index in [0.29, 0.717) is 31.9 Å². The molecule has 0 unspecified atom stereocenters. The molecule has 1 fully saturated rings. The predicted molar refractivity (Wildman–Crippen MR) is 118 cm³/mol. The Morgan fingerprint density at radius 2 is 1.60 bits per heavy atom. The number of carbonyl (C=O) groups excluding carboxylic acids is 1. The zero-order valence-electron chi connectivity index (χ0n) is 16.1. The van der Waals surface area contributed by atoms with Crippen molar-refractivity contribution in [3.05, 3.63) is 51.5 Å². The normalized spacial score (nSPS) is 15.7. The summed E-state index contributed by atoms with van der Waals surface area (Å²) in [7, 11) is -1.60. The van der Waals surface area contributed by atoms with E-state index in [1.807, 2.05) is 7.05 Å². The number of piperazine rings is 1. The lowest BCUT2D eigenvalue weighted by molar-refractivity contribution is -0.118. The summed E-state index contributed by atoms with van der Waals surface area (Å²) in [6, 6.07) is 8.87. The van der Waals surface area contributed by atoms with Crippen molar-refractivity contribution >= 4 is 56.4 Å². The van der Waals surface area contributed by atoms with Gasteiger partial charge in [0.05, 0.1) is 20.0 Å². The molecule has 0 aliphatic carbocycles. The van der Waals surface area contributed by atoms with Crippen molar-refractivity contribution in [2.45, 2.75) is 4.90 Å². The van der Waals surface area contributed by atoms with E-state index in [9.17, 15) is 13.2 Å². The molecule has 1 amide bonds. The van der Waals surface area contributed by atoms with Crippen molar-refractivity contribution in [1.82, 2.24) is 9.21 Å². The summed E-state index contributed by atoms with van der Waals surface area (Å²) in [4.78, 5) is 14.4. The molecular weight excluding hydrogens is 473 g/mol. The molecule has 0 saturated carbocycles. The number of benzene rings is 2. The van der Waals surface area contributed by atoms with Crippen LogP contribution in [0.15, 0.2) is 41.3 Å². The molecule has 162 valence electrons. The number of hydrogen-bond donors (Lipinski definition) is 1. The second-order valence-electron chi connectivity index (χ2n) is 6.77. The molecule has 1 heterocycles. The number of hydrogen-bond acceptors (Lipinski definition) is 5. The average Bonchev–Trinajstić information content (AvgIpc) is 2.70. The van der Waals surface area contributed by atoms with Crippen LogP contribution in [0.5, 0.6) is 5.75 Å². The maximum Gasteiger partial charge on any atom is 0.262 e. The molecule has 2 aromatic rings. The fourth-order valence-electron chi connectivity index (χ4n) is 2.84. The molecule has 7 nitrogen and oxygen atoms in total. The first kappa shape index (κ1) is 23.1. The van der Waals surface area contributed by atoms with E-state index in [2.05, 4.69) is 10.2 Å². The van der Waals surface area contributed by atoms with E-state index < -0.39 is 15.9 Å². The zero-order chi connectivity index (χ0) is 21.9. The number of sulfonamides is 1. The van der Waals surface area contributed by atoms with Crippen molar-refractivity contribution < 1.29 is 17.9 Å². The van der Waals surface area contributed by atoms with Crippen LogP contribution in [0.4, 0.5) is 5.69 Å². The molecule has 0 radical (unpaired) electrons. The number of anilines is 1. The summed E-state index contributed by atoms with van der Waals surface area (Å²) in [5.74, 6) is -0.207. The van der Waals surface area contributed by atoms with Crippen molar-refractivity contribution in [2.75, 3.05) is 45.2 Å². The zero-order valence-corrected chi connectivity index (χ0v) is 19.2. The Labute approximate surface area is 190 Å². The van der Waals surface area contributed by atoms with Crippen LogP contribution in [-0.4, -0.2) is 63.4 Å². The highest BCUT2D eigenvalue weighted by Crippen LogP contribution is 2.33. The van der Waals surface area contributed by atoms with Gasteiger partial charge in [-0.2, -0.15) is 4.31 Å². The molecule has 3 rings (SSSR count). The number of carbonyl (C=O) groups is 1. The number of amides is 1. The molecule has 0 aromatic heterocycles. The molecule has 0 bridgehead atoms. The minimum atomic E-state index is -3.56. The summed E-state index contributed by atoms with van der Waals surface area (Å²) in [6.45, 7) is 1.98. The van der Waals surface area contributed by atoms with Crippen LogP contribution >= 0.6 is 34.8 Å². The molecular formula is C19H20Cl3N3O4S. The van der Waals surface area contributed by atoms with E-state index in [-0.39, 0.29) is 32.3 Å². The summed E-state index contributed by atoms with van der Waals surface area (Å²) in [5.41, 5.74) is 0.446. The number of nitrogens with one attached hydrogen (secondary N) is 1. The van der Waals surface area contributed by atoms with Gasteiger partial charge in [0.2, 0.25) is 10.0 Å². The van der Waals surface area contributed by atoms with Gasteiger partial charge >= 0.3 is 0 Å². The maximum absolute atomic E-state index is 12.7. The van der Waals surface area contributed by atoms with Crippen molar-refractivity contribution in [3.63, 3.8) is 0 Å². The van der Waals surface area contributed by atoms with Crippen molar-refractivity contribution in [2.24, 2.45) is 0 Å². The van der Waals surface area contributed by atoms with Crippen LogP contribution in [-0.2, 0) is 14.8 Å². The van der Waals surface area contributed by atoms with Crippen LogP contribution in [0, 0.1) is 0 Å². The van der Waals surface area contributed by atoms with Crippen LogP contribution in [0.2, 0.25) is 15.1 Å². The molecule has 30 heavy (non-hydrogen) atoms. The van der Waals surface area contributed by atoms with E-state index in [1.54, 1.807) is 0 Å². The molecule has 1 N–H and O–H groups in total. The molecule has 0 spiro atoms. The first-order chi connectivity index (χ1) is 14.2. The second kappa shape index (κ2) is 9.72. The first-order valence-corrected chi connectivity index (χ1v) is 11.6. The minimum Gasteiger partial charge on any atom is -0.482 e.